The number of carbonyl (C=O) groups excluding carboxylic acids is 1. The van der Waals surface area contributed by atoms with E-state index in [1.54, 1.807) is 0 Å². The first-order valence-electron chi connectivity index (χ1n) is 8.99. The number of rotatable bonds is 9. The second-order valence-electron chi connectivity index (χ2n) is 6.26. The quantitative estimate of drug-likeness (QED) is 0.584. The lowest BCUT2D eigenvalue weighted by Crippen LogP contribution is -2.38. The van der Waals surface area contributed by atoms with Crippen LogP contribution in [0.15, 0.2) is 60.7 Å². The van der Waals surface area contributed by atoms with Gasteiger partial charge in [0.15, 0.2) is 0 Å². The van der Waals surface area contributed by atoms with E-state index in [1.165, 1.54) is 5.56 Å². The molecule has 0 spiro atoms. The van der Waals surface area contributed by atoms with Crippen molar-refractivity contribution >= 4 is 5.97 Å². The number of hydrogen-bond acceptors (Lipinski definition) is 2. The summed E-state index contributed by atoms with van der Waals surface area (Å²) in [4.78, 5) is 13.0. The molecule has 0 N–H and O–H groups in total. The van der Waals surface area contributed by atoms with E-state index < -0.39 is 5.41 Å². The average Bonchev–Trinajstić information content (AvgIpc) is 2.64. The van der Waals surface area contributed by atoms with Crippen LogP contribution >= 0.6 is 0 Å². The van der Waals surface area contributed by atoms with Gasteiger partial charge in [0.05, 0.1) is 12.0 Å². The third-order valence-electron chi connectivity index (χ3n) is 4.63. The first-order valence-corrected chi connectivity index (χ1v) is 8.99. The fourth-order valence-electron chi connectivity index (χ4n) is 3.24. The van der Waals surface area contributed by atoms with E-state index in [0.717, 1.165) is 37.7 Å². The summed E-state index contributed by atoms with van der Waals surface area (Å²) in [6, 6.07) is 20.5. The Kier molecular flexibility index (Phi) is 7.05. The minimum Gasteiger partial charge on any atom is -0.465 e. The highest BCUT2D eigenvalue weighted by atomic mass is 16.5. The largest absolute Gasteiger partial charge is 0.465 e. The van der Waals surface area contributed by atoms with E-state index >= 15 is 0 Å². The standard InChI is InChI=1S/C22H28O2/c1-3-5-17-22(21(23)24-4-2,20-14-10-7-11-15-20)18-16-19-12-8-6-9-13-19/h6-15H,3-5,16-18H2,1-2H3. The summed E-state index contributed by atoms with van der Waals surface area (Å²) in [6.45, 7) is 4.47. The summed E-state index contributed by atoms with van der Waals surface area (Å²) in [5.74, 6) is -0.0828. The maximum absolute atomic E-state index is 13.0. The summed E-state index contributed by atoms with van der Waals surface area (Å²) in [6.07, 6.45) is 4.57. The SMILES string of the molecule is CCCCC(CCc1ccccc1)(C(=O)OCC)c1ccccc1. The molecule has 2 nitrogen and oxygen atoms in total. The van der Waals surface area contributed by atoms with Gasteiger partial charge in [0.1, 0.15) is 0 Å². The number of esters is 1. The van der Waals surface area contributed by atoms with Crippen molar-refractivity contribution in [2.75, 3.05) is 6.61 Å². The number of unbranched alkanes of at least 4 members (excludes halogenated alkanes) is 1. The van der Waals surface area contributed by atoms with Crippen LogP contribution in [0.5, 0.6) is 0 Å². The van der Waals surface area contributed by atoms with Gasteiger partial charge in [0.25, 0.3) is 0 Å². The number of benzene rings is 2. The topological polar surface area (TPSA) is 26.3 Å². The fraction of sp³-hybridized carbons (Fsp3) is 0.409. The molecule has 0 heterocycles. The van der Waals surface area contributed by atoms with Crippen molar-refractivity contribution < 1.29 is 9.53 Å². The van der Waals surface area contributed by atoms with Crippen molar-refractivity contribution in [1.29, 1.82) is 0 Å². The smallest absolute Gasteiger partial charge is 0.316 e. The molecule has 2 heteroatoms. The zero-order valence-electron chi connectivity index (χ0n) is 14.8. The summed E-state index contributed by atoms with van der Waals surface area (Å²) >= 11 is 0. The van der Waals surface area contributed by atoms with Crippen LogP contribution in [0.25, 0.3) is 0 Å². The molecule has 2 aromatic carbocycles. The molecule has 0 aliphatic heterocycles. The molecule has 0 amide bonds. The molecule has 0 saturated heterocycles. The Morgan fingerprint density at radius 3 is 2.12 bits per heavy atom. The zero-order chi connectivity index (χ0) is 17.3. The normalized spacial score (nSPS) is 13.2. The first kappa shape index (κ1) is 18.3. The van der Waals surface area contributed by atoms with Gasteiger partial charge in [-0.3, -0.25) is 4.79 Å². The second kappa shape index (κ2) is 9.27. The minimum absolute atomic E-state index is 0.0828. The van der Waals surface area contributed by atoms with Crippen molar-refractivity contribution in [3.63, 3.8) is 0 Å². The monoisotopic (exact) mass is 324 g/mol. The summed E-state index contributed by atoms with van der Waals surface area (Å²) in [5, 5.41) is 0. The maximum atomic E-state index is 13.0. The summed E-state index contributed by atoms with van der Waals surface area (Å²) in [7, 11) is 0. The van der Waals surface area contributed by atoms with E-state index in [4.69, 9.17) is 4.74 Å². The second-order valence-corrected chi connectivity index (χ2v) is 6.26. The van der Waals surface area contributed by atoms with Gasteiger partial charge in [0, 0.05) is 0 Å². The van der Waals surface area contributed by atoms with Gasteiger partial charge < -0.3 is 4.74 Å². The Bertz CT molecular complexity index is 606. The molecule has 128 valence electrons. The highest BCUT2D eigenvalue weighted by Gasteiger charge is 2.40. The van der Waals surface area contributed by atoms with Crippen LogP contribution in [0.3, 0.4) is 0 Å². The van der Waals surface area contributed by atoms with E-state index in [-0.39, 0.29) is 5.97 Å². The van der Waals surface area contributed by atoms with Gasteiger partial charge in [-0.05, 0) is 37.3 Å². The van der Waals surface area contributed by atoms with Crippen LogP contribution in [0.1, 0.15) is 50.7 Å². The van der Waals surface area contributed by atoms with Crippen LogP contribution in [0.4, 0.5) is 0 Å². The highest BCUT2D eigenvalue weighted by Crippen LogP contribution is 2.36. The van der Waals surface area contributed by atoms with E-state index in [1.807, 2.05) is 31.2 Å². The van der Waals surface area contributed by atoms with Gasteiger partial charge in [-0.15, -0.1) is 0 Å². The van der Waals surface area contributed by atoms with Gasteiger partial charge in [-0.1, -0.05) is 80.4 Å². The minimum atomic E-state index is -0.552. The molecule has 2 rings (SSSR count). The molecule has 2 aromatic rings. The Morgan fingerprint density at radius 1 is 0.917 bits per heavy atom. The molecule has 0 fully saturated rings. The summed E-state index contributed by atoms with van der Waals surface area (Å²) < 4.78 is 5.51. The van der Waals surface area contributed by atoms with Gasteiger partial charge in [0.2, 0.25) is 0 Å². The molecule has 0 aliphatic carbocycles. The van der Waals surface area contributed by atoms with Crippen LogP contribution < -0.4 is 0 Å². The molecule has 1 atom stereocenters. The van der Waals surface area contributed by atoms with Gasteiger partial charge in [-0.2, -0.15) is 0 Å². The molecule has 24 heavy (non-hydrogen) atoms. The fourth-order valence-corrected chi connectivity index (χ4v) is 3.24. The molecular formula is C22H28O2. The maximum Gasteiger partial charge on any atom is 0.316 e. The van der Waals surface area contributed by atoms with Gasteiger partial charge >= 0.3 is 5.97 Å². The Morgan fingerprint density at radius 2 is 1.54 bits per heavy atom. The Balaban J connectivity index is 2.34. The molecule has 0 bridgehead atoms. The van der Waals surface area contributed by atoms with Crippen molar-refractivity contribution in [3.05, 3.63) is 71.8 Å². The predicted octanol–water partition coefficient (Wildman–Crippen LogP) is 5.31. The number of ether oxygens (including phenoxy) is 1. The Labute approximate surface area is 145 Å². The third kappa shape index (κ3) is 4.47. The van der Waals surface area contributed by atoms with Crippen molar-refractivity contribution in [2.45, 2.75) is 51.4 Å². The van der Waals surface area contributed by atoms with E-state index in [9.17, 15) is 4.79 Å². The predicted molar refractivity (Wildman–Crippen MR) is 99.0 cm³/mol. The lowest BCUT2D eigenvalue weighted by atomic mass is 9.72. The molecule has 0 aliphatic rings. The lowest BCUT2D eigenvalue weighted by Gasteiger charge is -2.32. The molecule has 0 radical (unpaired) electrons. The van der Waals surface area contributed by atoms with Gasteiger partial charge in [-0.25, -0.2) is 0 Å². The molecule has 0 saturated carbocycles. The Hall–Kier alpha value is -2.09. The lowest BCUT2D eigenvalue weighted by molar-refractivity contribution is -0.151. The molecule has 1 unspecified atom stereocenters. The highest BCUT2D eigenvalue weighted by molar-refractivity contribution is 5.83. The zero-order valence-corrected chi connectivity index (χ0v) is 14.8. The summed E-state index contributed by atoms with van der Waals surface area (Å²) in [5.41, 5.74) is 1.79. The molecular weight excluding hydrogens is 296 g/mol. The van der Waals surface area contributed by atoms with E-state index in [2.05, 4.69) is 43.3 Å². The third-order valence-corrected chi connectivity index (χ3v) is 4.63. The number of carbonyl (C=O) groups is 1. The molecule has 0 aromatic heterocycles. The number of hydrogen-bond donors (Lipinski definition) is 0. The van der Waals surface area contributed by atoms with Crippen molar-refractivity contribution in [3.8, 4) is 0 Å². The van der Waals surface area contributed by atoms with Crippen LogP contribution in [-0.4, -0.2) is 12.6 Å². The first-order chi connectivity index (χ1) is 11.7. The average molecular weight is 324 g/mol. The van der Waals surface area contributed by atoms with Crippen molar-refractivity contribution in [2.24, 2.45) is 0 Å². The number of aryl methyl sites for hydroxylation is 1. The van der Waals surface area contributed by atoms with Crippen LogP contribution in [-0.2, 0) is 21.4 Å². The van der Waals surface area contributed by atoms with Crippen LogP contribution in [0.2, 0.25) is 0 Å². The van der Waals surface area contributed by atoms with E-state index in [0.29, 0.717) is 6.61 Å². The van der Waals surface area contributed by atoms with Crippen LogP contribution in [0, 0.1) is 0 Å². The van der Waals surface area contributed by atoms with Crippen molar-refractivity contribution in [1.82, 2.24) is 0 Å².